The van der Waals surface area contributed by atoms with Crippen LogP contribution in [0.3, 0.4) is 0 Å². The van der Waals surface area contributed by atoms with Gasteiger partial charge >= 0.3 is 0 Å². The molecule has 0 radical (unpaired) electrons. The van der Waals surface area contributed by atoms with Gasteiger partial charge in [-0.25, -0.2) is 4.98 Å². The largest absolute Gasteiger partial charge is 0.394 e. The van der Waals surface area contributed by atoms with E-state index in [4.69, 9.17) is 10.5 Å². The first-order chi connectivity index (χ1) is 7.70. The highest BCUT2D eigenvalue weighted by atomic mass is 16.5. The van der Waals surface area contributed by atoms with Gasteiger partial charge in [-0.1, -0.05) is 0 Å². The fourth-order valence-electron chi connectivity index (χ4n) is 1.83. The van der Waals surface area contributed by atoms with E-state index in [2.05, 4.69) is 9.97 Å². The molecular weight excluding hydrogens is 208 g/mol. The SMILES string of the molecule is Cc1cc(N2CCOCC2CO)nc(N)n1. The normalized spacial score (nSPS) is 21.1. The van der Waals surface area contributed by atoms with E-state index in [1.807, 2.05) is 17.9 Å². The van der Waals surface area contributed by atoms with Gasteiger partial charge in [0.15, 0.2) is 0 Å². The van der Waals surface area contributed by atoms with Crippen molar-refractivity contribution in [1.82, 2.24) is 9.97 Å². The molecule has 2 heterocycles. The summed E-state index contributed by atoms with van der Waals surface area (Å²) >= 11 is 0. The van der Waals surface area contributed by atoms with E-state index in [0.29, 0.717) is 19.8 Å². The molecule has 1 atom stereocenters. The molecule has 6 heteroatoms. The van der Waals surface area contributed by atoms with Crippen LogP contribution < -0.4 is 10.6 Å². The number of morpholine rings is 1. The first-order valence-corrected chi connectivity index (χ1v) is 5.27. The Morgan fingerprint density at radius 3 is 3.12 bits per heavy atom. The molecule has 1 aromatic rings. The highest BCUT2D eigenvalue weighted by Gasteiger charge is 2.23. The number of nitrogens with zero attached hydrogens (tertiary/aromatic N) is 3. The van der Waals surface area contributed by atoms with Crippen molar-refractivity contribution >= 4 is 11.8 Å². The van der Waals surface area contributed by atoms with Crippen LogP contribution in [0.1, 0.15) is 5.69 Å². The van der Waals surface area contributed by atoms with Crippen molar-refractivity contribution in [3.63, 3.8) is 0 Å². The molecule has 0 aromatic carbocycles. The lowest BCUT2D eigenvalue weighted by atomic mass is 10.2. The number of nitrogen functional groups attached to an aromatic ring is 1. The van der Waals surface area contributed by atoms with Gasteiger partial charge in [0.1, 0.15) is 5.82 Å². The maximum atomic E-state index is 9.27. The van der Waals surface area contributed by atoms with Crippen molar-refractivity contribution in [3.8, 4) is 0 Å². The summed E-state index contributed by atoms with van der Waals surface area (Å²) in [6.45, 7) is 3.78. The van der Waals surface area contributed by atoms with Crippen LogP contribution in [0.25, 0.3) is 0 Å². The Morgan fingerprint density at radius 1 is 1.62 bits per heavy atom. The molecule has 0 aliphatic carbocycles. The minimum Gasteiger partial charge on any atom is -0.394 e. The lowest BCUT2D eigenvalue weighted by molar-refractivity contribution is 0.0723. The summed E-state index contributed by atoms with van der Waals surface area (Å²) in [5.41, 5.74) is 6.44. The lowest BCUT2D eigenvalue weighted by Gasteiger charge is -2.35. The minimum atomic E-state index is -0.0533. The molecule has 2 rings (SSSR count). The summed E-state index contributed by atoms with van der Waals surface area (Å²) in [6.07, 6.45) is 0. The topological polar surface area (TPSA) is 84.5 Å². The van der Waals surface area contributed by atoms with Gasteiger partial charge in [0, 0.05) is 18.3 Å². The Morgan fingerprint density at radius 2 is 2.44 bits per heavy atom. The number of aliphatic hydroxyl groups excluding tert-OH is 1. The predicted molar refractivity (Wildman–Crippen MR) is 60.2 cm³/mol. The Kier molecular flexibility index (Phi) is 3.21. The fourth-order valence-corrected chi connectivity index (χ4v) is 1.83. The number of aromatic nitrogens is 2. The maximum Gasteiger partial charge on any atom is 0.222 e. The summed E-state index contributed by atoms with van der Waals surface area (Å²) < 4.78 is 5.31. The van der Waals surface area contributed by atoms with Gasteiger partial charge in [-0.3, -0.25) is 0 Å². The fraction of sp³-hybridized carbons (Fsp3) is 0.600. The van der Waals surface area contributed by atoms with E-state index in [-0.39, 0.29) is 18.6 Å². The first kappa shape index (κ1) is 11.1. The highest BCUT2D eigenvalue weighted by molar-refractivity contribution is 5.44. The van der Waals surface area contributed by atoms with Crippen LogP contribution in [-0.4, -0.2) is 47.5 Å². The monoisotopic (exact) mass is 224 g/mol. The lowest BCUT2D eigenvalue weighted by Crippen LogP contribution is -2.48. The van der Waals surface area contributed by atoms with Gasteiger partial charge in [-0.15, -0.1) is 0 Å². The molecule has 1 unspecified atom stereocenters. The Labute approximate surface area is 94.1 Å². The van der Waals surface area contributed by atoms with Crippen molar-refractivity contribution in [2.45, 2.75) is 13.0 Å². The van der Waals surface area contributed by atoms with Crippen molar-refractivity contribution in [1.29, 1.82) is 0 Å². The number of hydrogen-bond acceptors (Lipinski definition) is 6. The molecule has 1 fully saturated rings. The van der Waals surface area contributed by atoms with Gasteiger partial charge in [0.25, 0.3) is 0 Å². The second-order valence-corrected chi connectivity index (χ2v) is 3.83. The summed E-state index contributed by atoms with van der Waals surface area (Å²) in [4.78, 5) is 10.2. The van der Waals surface area contributed by atoms with Gasteiger partial charge < -0.3 is 20.5 Å². The van der Waals surface area contributed by atoms with Crippen LogP contribution in [0.2, 0.25) is 0 Å². The molecule has 16 heavy (non-hydrogen) atoms. The first-order valence-electron chi connectivity index (χ1n) is 5.27. The number of aryl methyl sites for hydroxylation is 1. The number of hydrogen-bond donors (Lipinski definition) is 2. The summed E-state index contributed by atoms with van der Waals surface area (Å²) in [5, 5.41) is 9.27. The molecule has 88 valence electrons. The molecule has 0 amide bonds. The number of anilines is 2. The zero-order valence-corrected chi connectivity index (χ0v) is 9.26. The van der Waals surface area contributed by atoms with E-state index in [1.54, 1.807) is 0 Å². The zero-order chi connectivity index (χ0) is 11.5. The van der Waals surface area contributed by atoms with E-state index in [1.165, 1.54) is 0 Å². The van der Waals surface area contributed by atoms with Crippen LogP contribution in [0.4, 0.5) is 11.8 Å². The maximum absolute atomic E-state index is 9.27. The van der Waals surface area contributed by atoms with E-state index in [9.17, 15) is 5.11 Å². The van der Waals surface area contributed by atoms with E-state index in [0.717, 1.165) is 11.5 Å². The molecule has 1 saturated heterocycles. The second-order valence-electron chi connectivity index (χ2n) is 3.83. The van der Waals surface area contributed by atoms with Crippen LogP contribution in [0.15, 0.2) is 6.07 Å². The van der Waals surface area contributed by atoms with Crippen LogP contribution in [-0.2, 0) is 4.74 Å². The zero-order valence-electron chi connectivity index (χ0n) is 9.26. The third-order valence-electron chi connectivity index (χ3n) is 2.59. The summed E-state index contributed by atoms with van der Waals surface area (Å²) in [6, 6.07) is 1.81. The summed E-state index contributed by atoms with van der Waals surface area (Å²) in [7, 11) is 0. The third-order valence-corrected chi connectivity index (χ3v) is 2.59. The van der Waals surface area contributed by atoms with Crippen molar-refractivity contribution < 1.29 is 9.84 Å². The van der Waals surface area contributed by atoms with Crippen LogP contribution >= 0.6 is 0 Å². The average molecular weight is 224 g/mol. The molecule has 1 aromatic heterocycles. The van der Waals surface area contributed by atoms with Crippen molar-refractivity contribution in [2.75, 3.05) is 37.0 Å². The van der Waals surface area contributed by atoms with Gasteiger partial charge in [0.05, 0.1) is 25.9 Å². The number of rotatable bonds is 2. The van der Waals surface area contributed by atoms with E-state index < -0.39 is 0 Å². The smallest absolute Gasteiger partial charge is 0.222 e. The van der Waals surface area contributed by atoms with Crippen molar-refractivity contribution in [2.24, 2.45) is 0 Å². The minimum absolute atomic E-state index is 0.0446. The van der Waals surface area contributed by atoms with Gasteiger partial charge in [0.2, 0.25) is 5.95 Å². The number of ether oxygens (including phenoxy) is 1. The third kappa shape index (κ3) is 2.23. The van der Waals surface area contributed by atoms with Gasteiger partial charge in [-0.05, 0) is 6.92 Å². The summed E-state index contributed by atoms with van der Waals surface area (Å²) in [5.74, 6) is 1.02. The molecule has 0 saturated carbocycles. The Bertz CT molecular complexity index is 352. The highest BCUT2D eigenvalue weighted by Crippen LogP contribution is 2.18. The molecule has 1 aliphatic heterocycles. The predicted octanol–water partition coefficient (Wildman–Crippen LogP) is -0.435. The molecule has 0 spiro atoms. The molecule has 6 nitrogen and oxygen atoms in total. The molecular formula is C10H16N4O2. The number of nitrogens with two attached hydrogens (primary N) is 1. The molecule has 0 bridgehead atoms. The average Bonchev–Trinajstić information content (AvgIpc) is 2.27. The standard InChI is InChI=1S/C10H16N4O2/c1-7-4-9(13-10(11)12-7)14-2-3-16-6-8(14)5-15/h4,8,15H,2-3,5-6H2,1H3,(H2,11,12,13). The van der Waals surface area contributed by atoms with E-state index >= 15 is 0 Å². The van der Waals surface area contributed by atoms with Gasteiger partial charge in [-0.2, -0.15) is 4.98 Å². The van der Waals surface area contributed by atoms with Crippen molar-refractivity contribution in [3.05, 3.63) is 11.8 Å². The quantitative estimate of drug-likeness (QED) is 0.708. The molecule has 3 N–H and O–H groups in total. The molecule has 1 aliphatic rings. The second kappa shape index (κ2) is 4.63. The van der Waals surface area contributed by atoms with Crippen LogP contribution in [0.5, 0.6) is 0 Å². The Balaban J connectivity index is 2.26. The number of aliphatic hydroxyl groups is 1. The Hall–Kier alpha value is -1.40. The van der Waals surface area contributed by atoms with Crippen LogP contribution in [0, 0.1) is 6.92 Å².